The van der Waals surface area contributed by atoms with Crippen molar-refractivity contribution in [3.63, 3.8) is 0 Å². The van der Waals surface area contributed by atoms with Gasteiger partial charge in [-0.25, -0.2) is 20.8 Å². The molecule has 0 atom stereocenters. The maximum Gasteiger partial charge on any atom is 0.260 e. The molecule has 2 heterocycles. The van der Waals surface area contributed by atoms with Crippen LogP contribution in [0.5, 0.6) is 5.75 Å². The molecule has 0 unspecified atom stereocenters. The van der Waals surface area contributed by atoms with Crippen LogP contribution in [0.25, 0.3) is 10.9 Å². The Morgan fingerprint density at radius 2 is 1.68 bits per heavy atom. The largest absolute Gasteiger partial charge is 0.484 e. The third kappa shape index (κ3) is 6.53. The van der Waals surface area contributed by atoms with Crippen LogP contribution in [0, 0.1) is 0 Å². The zero-order valence-corrected chi connectivity index (χ0v) is 22.4. The van der Waals surface area contributed by atoms with Gasteiger partial charge in [0.05, 0.1) is 18.0 Å². The van der Waals surface area contributed by atoms with Gasteiger partial charge in [0.2, 0.25) is 20.0 Å². The zero-order valence-electron chi connectivity index (χ0n) is 20.8. The van der Waals surface area contributed by atoms with Crippen LogP contribution in [0.4, 0.5) is 11.4 Å². The lowest BCUT2D eigenvalue weighted by Gasteiger charge is -2.36. The fourth-order valence-corrected chi connectivity index (χ4v) is 5.77. The van der Waals surface area contributed by atoms with Gasteiger partial charge in [-0.1, -0.05) is 0 Å². The smallest absolute Gasteiger partial charge is 0.260 e. The number of sulfonamides is 1. The van der Waals surface area contributed by atoms with Crippen molar-refractivity contribution in [1.29, 1.82) is 0 Å². The lowest BCUT2D eigenvalue weighted by molar-refractivity contribution is -0.133. The van der Waals surface area contributed by atoms with Crippen molar-refractivity contribution in [2.24, 2.45) is 5.73 Å². The predicted octanol–water partition coefficient (Wildman–Crippen LogP) is 1.05. The molecule has 1 aromatic heterocycles. The number of amides is 1. The second-order valence-electron chi connectivity index (χ2n) is 9.01. The molecule has 0 saturated carbocycles. The van der Waals surface area contributed by atoms with Gasteiger partial charge in [-0.3, -0.25) is 9.52 Å². The SMILES string of the molecule is CS(=O)(=O)Nc1ccc(N2CCN(C(=O)COc3ccc4c(c3)c(CCN)cn4S(C)(=O)=O)CC2)cc1. The second kappa shape index (κ2) is 10.6. The van der Waals surface area contributed by atoms with Gasteiger partial charge >= 0.3 is 0 Å². The van der Waals surface area contributed by atoms with Crippen LogP contribution in [-0.4, -0.2) is 83.5 Å². The van der Waals surface area contributed by atoms with Crippen LogP contribution in [0.3, 0.4) is 0 Å². The number of hydrogen-bond donors (Lipinski definition) is 2. The average Bonchev–Trinajstić information content (AvgIpc) is 3.21. The topological polar surface area (TPSA) is 144 Å². The maximum absolute atomic E-state index is 12.8. The van der Waals surface area contributed by atoms with Gasteiger partial charge in [0.25, 0.3) is 5.91 Å². The number of nitrogens with zero attached hydrogens (tertiary/aromatic N) is 3. The molecule has 1 fully saturated rings. The molecule has 3 N–H and O–H groups in total. The van der Waals surface area contributed by atoms with E-state index in [1.165, 1.54) is 3.97 Å². The molecule has 1 amide bonds. The van der Waals surface area contributed by atoms with Gasteiger partial charge < -0.3 is 20.3 Å². The molecule has 3 aromatic rings. The number of fused-ring (bicyclic) bond motifs is 1. The fraction of sp³-hybridized carbons (Fsp3) is 0.375. The van der Waals surface area contributed by atoms with E-state index >= 15 is 0 Å². The highest BCUT2D eigenvalue weighted by Gasteiger charge is 2.22. The molecule has 1 aliphatic heterocycles. The first-order valence-electron chi connectivity index (χ1n) is 11.7. The summed E-state index contributed by atoms with van der Waals surface area (Å²) in [7, 11) is -6.80. The van der Waals surface area contributed by atoms with Gasteiger partial charge in [0.15, 0.2) is 6.61 Å². The van der Waals surface area contributed by atoms with Crippen molar-refractivity contribution >= 4 is 48.2 Å². The molecule has 1 saturated heterocycles. The molecule has 0 radical (unpaired) electrons. The molecular weight excluding hydrogens is 518 g/mol. The minimum Gasteiger partial charge on any atom is -0.484 e. The van der Waals surface area contributed by atoms with Crippen molar-refractivity contribution in [3.05, 3.63) is 54.2 Å². The molecule has 4 rings (SSSR count). The van der Waals surface area contributed by atoms with Crippen molar-refractivity contribution in [3.8, 4) is 5.75 Å². The minimum absolute atomic E-state index is 0.129. The lowest BCUT2D eigenvalue weighted by Crippen LogP contribution is -2.50. The van der Waals surface area contributed by atoms with E-state index in [1.54, 1.807) is 41.4 Å². The number of rotatable bonds is 9. The van der Waals surface area contributed by atoms with Crippen LogP contribution in [-0.2, 0) is 31.3 Å². The van der Waals surface area contributed by atoms with Crippen molar-refractivity contribution in [2.75, 3.05) is 61.5 Å². The highest BCUT2D eigenvalue weighted by Crippen LogP contribution is 2.28. The Bertz CT molecular complexity index is 1490. The second-order valence-corrected chi connectivity index (χ2v) is 12.6. The number of ether oxygens (including phenoxy) is 1. The number of nitrogens with two attached hydrogens (primary N) is 1. The zero-order chi connectivity index (χ0) is 26.8. The first-order valence-corrected chi connectivity index (χ1v) is 15.5. The summed E-state index contributed by atoms with van der Waals surface area (Å²) in [4.78, 5) is 16.7. The minimum atomic E-state index is -3.47. The predicted molar refractivity (Wildman–Crippen MR) is 144 cm³/mol. The number of carbonyl (C=O) groups excluding carboxylic acids is 1. The van der Waals surface area contributed by atoms with E-state index in [2.05, 4.69) is 9.62 Å². The fourth-order valence-electron chi connectivity index (χ4n) is 4.37. The lowest BCUT2D eigenvalue weighted by atomic mass is 10.1. The van der Waals surface area contributed by atoms with Gasteiger partial charge in [0, 0.05) is 49.1 Å². The molecule has 200 valence electrons. The van der Waals surface area contributed by atoms with Crippen LogP contribution in [0.1, 0.15) is 5.56 Å². The normalized spacial score (nSPS) is 14.7. The number of hydrogen-bond acceptors (Lipinski definition) is 8. The van der Waals surface area contributed by atoms with Crippen LogP contribution < -0.4 is 20.1 Å². The van der Waals surface area contributed by atoms with Crippen LogP contribution in [0.15, 0.2) is 48.7 Å². The molecule has 37 heavy (non-hydrogen) atoms. The molecule has 11 nitrogen and oxygen atoms in total. The van der Waals surface area contributed by atoms with Crippen molar-refractivity contribution in [1.82, 2.24) is 8.87 Å². The van der Waals surface area contributed by atoms with E-state index in [9.17, 15) is 21.6 Å². The number of anilines is 2. The Hall–Kier alpha value is -3.29. The first-order chi connectivity index (χ1) is 17.4. The van der Waals surface area contributed by atoms with E-state index in [0.29, 0.717) is 56.1 Å². The molecule has 0 spiro atoms. The van der Waals surface area contributed by atoms with Crippen LogP contribution >= 0.6 is 0 Å². The average molecular weight is 550 g/mol. The Morgan fingerprint density at radius 1 is 1.00 bits per heavy atom. The van der Waals surface area contributed by atoms with Crippen molar-refractivity contribution in [2.45, 2.75) is 6.42 Å². The summed E-state index contributed by atoms with van der Waals surface area (Å²) in [6, 6.07) is 12.2. The van der Waals surface area contributed by atoms with E-state index in [0.717, 1.165) is 29.1 Å². The van der Waals surface area contributed by atoms with E-state index in [-0.39, 0.29) is 12.5 Å². The van der Waals surface area contributed by atoms with Gasteiger partial charge in [0.1, 0.15) is 5.75 Å². The standard InChI is InChI=1S/C24H31N5O6S2/c1-36(31,32)26-19-3-5-20(6-4-19)27-11-13-28(14-12-27)24(30)17-35-21-7-8-23-22(15-21)18(9-10-25)16-29(23)37(2,33)34/h3-8,15-16,26H,9-14,17,25H2,1-2H3. The Morgan fingerprint density at radius 3 is 2.27 bits per heavy atom. The number of carbonyl (C=O) groups is 1. The number of benzene rings is 2. The van der Waals surface area contributed by atoms with Crippen molar-refractivity contribution < 1.29 is 26.4 Å². The maximum atomic E-state index is 12.8. The summed E-state index contributed by atoms with van der Waals surface area (Å²) >= 11 is 0. The Balaban J connectivity index is 1.35. The summed E-state index contributed by atoms with van der Waals surface area (Å²) < 4.78 is 56.5. The van der Waals surface area contributed by atoms with Gasteiger partial charge in [-0.15, -0.1) is 0 Å². The molecule has 0 bridgehead atoms. The third-order valence-corrected chi connectivity index (χ3v) is 7.75. The number of piperazine rings is 1. The molecule has 0 aliphatic carbocycles. The quantitative estimate of drug-likeness (QED) is 0.403. The summed E-state index contributed by atoms with van der Waals surface area (Å²) in [6.45, 7) is 2.58. The van der Waals surface area contributed by atoms with Gasteiger partial charge in [-0.05, 0) is 61.0 Å². The van der Waals surface area contributed by atoms with Crippen LogP contribution in [0.2, 0.25) is 0 Å². The van der Waals surface area contributed by atoms with Gasteiger partial charge in [-0.2, -0.15) is 0 Å². The summed E-state index contributed by atoms with van der Waals surface area (Å²) in [5.74, 6) is 0.343. The Labute approximate surface area is 216 Å². The molecule has 1 aliphatic rings. The molecular formula is C24H31N5O6S2. The summed E-state index contributed by atoms with van der Waals surface area (Å²) in [6.07, 6.45) is 4.35. The van der Waals surface area contributed by atoms with E-state index < -0.39 is 20.0 Å². The summed E-state index contributed by atoms with van der Waals surface area (Å²) in [5, 5.41) is 0.729. The highest BCUT2D eigenvalue weighted by molar-refractivity contribution is 7.92. The Kier molecular flexibility index (Phi) is 7.67. The third-order valence-electron chi connectivity index (χ3n) is 6.13. The first kappa shape index (κ1) is 26.8. The molecule has 2 aromatic carbocycles. The summed E-state index contributed by atoms with van der Waals surface area (Å²) in [5.41, 5.74) is 8.49. The highest BCUT2D eigenvalue weighted by atomic mass is 32.2. The number of aromatic nitrogens is 1. The molecule has 13 heteroatoms. The number of nitrogens with one attached hydrogen (secondary N) is 1. The van der Waals surface area contributed by atoms with E-state index in [4.69, 9.17) is 10.5 Å². The monoisotopic (exact) mass is 549 g/mol. The van der Waals surface area contributed by atoms with E-state index in [1.807, 2.05) is 12.1 Å².